The van der Waals surface area contributed by atoms with Crippen molar-refractivity contribution in [1.82, 2.24) is 5.48 Å². The van der Waals surface area contributed by atoms with Gasteiger partial charge in [-0.25, -0.2) is 18.3 Å². The minimum absolute atomic E-state index is 0.00288. The number of hydroxylamine groups is 1. The molecule has 0 saturated heterocycles. The number of sulfone groups is 1. The van der Waals surface area contributed by atoms with E-state index >= 15 is 0 Å². The average molecular weight is 370 g/mol. The van der Waals surface area contributed by atoms with Gasteiger partial charge >= 0.3 is 0 Å². The third-order valence-electron chi connectivity index (χ3n) is 4.83. The van der Waals surface area contributed by atoms with Crippen molar-refractivity contribution in [2.75, 3.05) is 12.8 Å². The van der Waals surface area contributed by atoms with Gasteiger partial charge in [0.15, 0.2) is 9.84 Å². The molecule has 0 radical (unpaired) electrons. The Morgan fingerprint density at radius 3 is 2.72 bits per heavy atom. The molecule has 0 aromatic rings. The number of aliphatic imine (C=N–C) groups is 1. The van der Waals surface area contributed by atoms with Crippen LogP contribution in [0, 0.1) is 17.8 Å². The molecule has 1 heterocycles. The van der Waals surface area contributed by atoms with Gasteiger partial charge in [0, 0.05) is 23.5 Å². The third kappa shape index (κ3) is 4.47. The highest BCUT2D eigenvalue weighted by atomic mass is 32.2. The van der Waals surface area contributed by atoms with Crippen LogP contribution < -0.4 is 5.48 Å². The van der Waals surface area contributed by atoms with Crippen molar-refractivity contribution in [3.8, 4) is 11.8 Å². The monoisotopic (exact) mass is 370 g/mol. The van der Waals surface area contributed by atoms with Gasteiger partial charge in [0.25, 0.3) is 5.91 Å². The van der Waals surface area contributed by atoms with Crippen LogP contribution in [0.2, 0.25) is 0 Å². The predicted molar refractivity (Wildman–Crippen MR) is 92.8 cm³/mol. The number of amides is 1. The summed E-state index contributed by atoms with van der Waals surface area (Å²) in [4.78, 5) is 16.1. The number of carbonyl (C=O) groups is 1. The highest BCUT2D eigenvalue weighted by Gasteiger charge is 2.43. The smallest absolute Gasteiger partial charge is 0.264 e. The SMILES string of the molecule is CC1(F)CC(C#CC2=CC(CC[C@](C)(C(=O)NO)S(C)(=O)=O)=NC2)C1. The molecule has 0 unspecified atom stereocenters. The molecule has 25 heavy (non-hydrogen) atoms. The lowest BCUT2D eigenvalue weighted by atomic mass is 9.74. The molecule has 6 nitrogen and oxygen atoms in total. The van der Waals surface area contributed by atoms with Crippen LogP contribution in [0.15, 0.2) is 16.6 Å². The van der Waals surface area contributed by atoms with E-state index in [1.807, 2.05) is 0 Å². The lowest BCUT2D eigenvalue weighted by Gasteiger charge is -2.35. The number of hydrogen-bond acceptors (Lipinski definition) is 5. The topological polar surface area (TPSA) is 95.8 Å². The first kappa shape index (κ1) is 19.6. The maximum atomic E-state index is 13.4. The minimum atomic E-state index is -3.72. The average Bonchev–Trinajstić information content (AvgIpc) is 2.94. The minimum Gasteiger partial charge on any atom is -0.289 e. The van der Waals surface area contributed by atoms with Crippen molar-refractivity contribution in [1.29, 1.82) is 0 Å². The fraction of sp³-hybridized carbons (Fsp3) is 0.647. The first-order chi connectivity index (χ1) is 11.5. The van der Waals surface area contributed by atoms with Crippen LogP contribution in [0.3, 0.4) is 0 Å². The van der Waals surface area contributed by atoms with Gasteiger partial charge in [0.05, 0.1) is 6.54 Å². The van der Waals surface area contributed by atoms with Crippen LogP contribution in [-0.4, -0.2) is 48.5 Å². The van der Waals surface area contributed by atoms with E-state index < -0.39 is 26.2 Å². The Morgan fingerprint density at radius 2 is 2.20 bits per heavy atom. The maximum Gasteiger partial charge on any atom is 0.264 e. The molecule has 0 aromatic heterocycles. The first-order valence-electron chi connectivity index (χ1n) is 8.05. The van der Waals surface area contributed by atoms with E-state index in [4.69, 9.17) is 5.21 Å². The first-order valence-corrected chi connectivity index (χ1v) is 9.94. The van der Waals surface area contributed by atoms with Crippen LogP contribution in [0.4, 0.5) is 4.39 Å². The second-order valence-electron chi connectivity index (χ2n) is 7.21. The molecule has 1 atom stereocenters. The van der Waals surface area contributed by atoms with Gasteiger partial charge in [-0.1, -0.05) is 11.8 Å². The van der Waals surface area contributed by atoms with Gasteiger partial charge in [-0.2, -0.15) is 0 Å². The maximum absolute atomic E-state index is 13.4. The summed E-state index contributed by atoms with van der Waals surface area (Å²) < 4.78 is 35.5. The van der Waals surface area contributed by atoms with Crippen molar-refractivity contribution in [2.45, 2.75) is 49.9 Å². The zero-order chi connectivity index (χ0) is 18.9. The third-order valence-corrected chi connectivity index (χ3v) is 6.86. The summed E-state index contributed by atoms with van der Waals surface area (Å²) in [5, 5.41) is 8.80. The molecule has 1 aliphatic heterocycles. The van der Waals surface area contributed by atoms with E-state index in [0.717, 1.165) is 11.8 Å². The van der Waals surface area contributed by atoms with Gasteiger partial charge < -0.3 is 0 Å². The largest absolute Gasteiger partial charge is 0.289 e. The predicted octanol–water partition coefficient (Wildman–Crippen LogP) is 1.60. The summed E-state index contributed by atoms with van der Waals surface area (Å²) in [7, 11) is -3.72. The van der Waals surface area contributed by atoms with Gasteiger partial charge in [-0.3, -0.25) is 15.0 Å². The molecule has 1 amide bonds. The number of allylic oxidation sites excluding steroid dienone is 1. The molecule has 1 saturated carbocycles. The quantitative estimate of drug-likeness (QED) is 0.436. The second kappa shape index (κ2) is 6.89. The highest BCUT2D eigenvalue weighted by molar-refractivity contribution is 7.92. The summed E-state index contributed by atoms with van der Waals surface area (Å²) in [6, 6.07) is 0. The number of alkyl halides is 1. The Balaban J connectivity index is 1.97. The van der Waals surface area contributed by atoms with E-state index in [0.29, 0.717) is 25.1 Å². The van der Waals surface area contributed by atoms with Crippen LogP contribution in [-0.2, 0) is 14.6 Å². The molecule has 2 N–H and O–H groups in total. The van der Waals surface area contributed by atoms with Crippen LogP contribution >= 0.6 is 0 Å². The summed E-state index contributed by atoms with van der Waals surface area (Å²) in [5.74, 6) is 5.15. The van der Waals surface area contributed by atoms with Crippen molar-refractivity contribution in [3.63, 3.8) is 0 Å². The number of halogens is 1. The van der Waals surface area contributed by atoms with Crippen molar-refractivity contribution < 1.29 is 22.8 Å². The number of nitrogens with zero attached hydrogens (tertiary/aromatic N) is 1. The Morgan fingerprint density at radius 1 is 1.56 bits per heavy atom. The van der Waals surface area contributed by atoms with Crippen LogP contribution in [0.5, 0.6) is 0 Å². The number of nitrogens with one attached hydrogen (secondary N) is 1. The summed E-state index contributed by atoms with van der Waals surface area (Å²) in [5.41, 5.74) is 1.78. The molecule has 0 bridgehead atoms. The van der Waals surface area contributed by atoms with Crippen molar-refractivity contribution >= 4 is 21.5 Å². The molecule has 1 fully saturated rings. The molecular weight excluding hydrogens is 347 g/mol. The molecular formula is C17H23FN2O4S. The van der Waals surface area contributed by atoms with Gasteiger partial charge in [-0.15, -0.1) is 0 Å². The van der Waals surface area contributed by atoms with Crippen molar-refractivity contribution in [3.05, 3.63) is 11.6 Å². The lowest BCUT2D eigenvalue weighted by molar-refractivity contribution is -0.131. The fourth-order valence-electron chi connectivity index (χ4n) is 2.92. The zero-order valence-electron chi connectivity index (χ0n) is 14.6. The second-order valence-corrected chi connectivity index (χ2v) is 9.65. The Labute approximate surface area is 147 Å². The number of hydrogen-bond donors (Lipinski definition) is 2. The Hall–Kier alpha value is -1.72. The molecule has 1 aliphatic carbocycles. The Kier molecular flexibility index (Phi) is 5.40. The van der Waals surface area contributed by atoms with E-state index in [1.54, 1.807) is 13.0 Å². The van der Waals surface area contributed by atoms with Gasteiger partial charge in [0.2, 0.25) is 0 Å². The molecule has 2 aliphatic rings. The van der Waals surface area contributed by atoms with Gasteiger partial charge in [0.1, 0.15) is 10.4 Å². The molecule has 0 aromatic carbocycles. The van der Waals surface area contributed by atoms with E-state index in [2.05, 4.69) is 16.8 Å². The zero-order valence-corrected chi connectivity index (χ0v) is 15.4. The fourth-order valence-corrected chi connectivity index (χ4v) is 3.78. The highest BCUT2D eigenvalue weighted by Crippen LogP contribution is 2.40. The van der Waals surface area contributed by atoms with E-state index in [1.165, 1.54) is 12.4 Å². The van der Waals surface area contributed by atoms with Crippen LogP contribution in [0.25, 0.3) is 0 Å². The standard InChI is InChI=1S/C17H23FN2O4S/c1-16(18)9-13(10-16)5-4-12-8-14(19-11-12)6-7-17(2,15(21)20-22)25(3,23)24/h8,13,22H,6-7,9-11H2,1-3H3,(H,20,21)/t13?,16?,17-/m1/s1. The summed E-state index contributed by atoms with van der Waals surface area (Å²) in [6.07, 6.45) is 3.90. The molecule has 8 heteroatoms. The van der Waals surface area contributed by atoms with Crippen LogP contribution in [0.1, 0.15) is 39.5 Å². The number of rotatable bonds is 5. The lowest BCUT2D eigenvalue weighted by Crippen LogP contribution is -2.49. The molecule has 0 spiro atoms. The number of carbonyl (C=O) groups excluding carboxylic acids is 1. The molecule has 2 rings (SSSR count). The normalized spacial score (nSPS) is 28.0. The Bertz CT molecular complexity index is 781. The van der Waals surface area contributed by atoms with E-state index in [-0.39, 0.29) is 18.8 Å². The summed E-state index contributed by atoms with van der Waals surface area (Å²) >= 11 is 0. The van der Waals surface area contributed by atoms with Crippen molar-refractivity contribution in [2.24, 2.45) is 10.9 Å². The van der Waals surface area contributed by atoms with Gasteiger partial charge in [-0.05, 0) is 45.6 Å². The summed E-state index contributed by atoms with van der Waals surface area (Å²) in [6.45, 7) is 3.25. The van der Waals surface area contributed by atoms with E-state index in [9.17, 15) is 17.6 Å². The molecule has 138 valence electrons.